The normalized spacial score (nSPS) is 12.7. The highest BCUT2D eigenvalue weighted by Gasteiger charge is 2.06. The first-order valence-corrected chi connectivity index (χ1v) is 9.69. The van der Waals surface area contributed by atoms with Gasteiger partial charge >= 0.3 is 0 Å². The molecule has 0 bridgehead atoms. The molecular formula is C19H28N4O2S. The molecule has 1 unspecified atom stereocenters. The number of guanidine groups is 1. The molecule has 1 heterocycles. The Balaban J connectivity index is 1.75. The van der Waals surface area contributed by atoms with Crippen molar-refractivity contribution in [2.45, 2.75) is 33.3 Å². The largest absolute Gasteiger partial charge is 0.491 e. The number of hydrogen-bond donors (Lipinski definition) is 3. The van der Waals surface area contributed by atoms with Crippen LogP contribution in [0.3, 0.4) is 0 Å². The second-order valence-corrected chi connectivity index (χ2v) is 7.36. The SMILES string of the molecule is CCNC(=NCC(O)COc1cccc(C)c1)NCCc1ncc(C)s1. The summed E-state index contributed by atoms with van der Waals surface area (Å²) in [6, 6.07) is 7.78. The van der Waals surface area contributed by atoms with E-state index in [9.17, 15) is 5.11 Å². The average molecular weight is 377 g/mol. The number of aliphatic hydroxyl groups is 1. The zero-order valence-electron chi connectivity index (χ0n) is 15.7. The summed E-state index contributed by atoms with van der Waals surface area (Å²) in [5, 5.41) is 17.7. The number of aliphatic imine (C=N–C) groups is 1. The summed E-state index contributed by atoms with van der Waals surface area (Å²) in [6.07, 6.45) is 2.08. The molecule has 6 nitrogen and oxygen atoms in total. The summed E-state index contributed by atoms with van der Waals surface area (Å²) in [5.74, 6) is 1.45. The minimum Gasteiger partial charge on any atom is -0.491 e. The first-order chi connectivity index (χ1) is 12.6. The van der Waals surface area contributed by atoms with Crippen LogP contribution < -0.4 is 15.4 Å². The Kier molecular flexibility index (Phi) is 8.37. The molecule has 0 radical (unpaired) electrons. The smallest absolute Gasteiger partial charge is 0.191 e. The van der Waals surface area contributed by atoms with Gasteiger partial charge in [0.1, 0.15) is 18.5 Å². The maximum absolute atomic E-state index is 10.1. The Morgan fingerprint density at radius 2 is 2.19 bits per heavy atom. The number of rotatable bonds is 9. The highest BCUT2D eigenvalue weighted by atomic mass is 32.1. The molecule has 0 aliphatic carbocycles. The maximum atomic E-state index is 10.1. The lowest BCUT2D eigenvalue weighted by Crippen LogP contribution is -2.39. The standard InChI is InChI=1S/C19H28N4O2S/c1-4-20-19(21-9-8-18-22-11-15(3)26-18)23-12-16(24)13-25-17-7-5-6-14(2)10-17/h5-7,10-11,16,24H,4,8-9,12-13H2,1-3H3,(H2,20,21,23). The van der Waals surface area contributed by atoms with Crippen LogP contribution in [0.1, 0.15) is 22.4 Å². The van der Waals surface area contributed by atoms with E-state index in [0.29, 0.717) is 5.96 Å². The first kappa shape index (κ1) is 20.2. The molecule has 0 spiro atoms. The number of hydrogen-bond acceptors (Lipinski definition) is 5. The van der Waals surface area contributed by atoms with Gasteiger partial charge in [0.05, 0.1) is 11.6 Å². The van der Waals surface area contributed by atoms with Crippen molar-refractivity contribution < 1.29 is 9.84 Å². The molecule has 3 N–H and O–H groups in total. The number of thiazole rings is 1. The van der Waals surface area contributed by atoms with Crippen LogP contribution in [-0.4, -0.2) is 48.4 Å². The van der Waals surface area contributed by atoms with Gasteiger partial charge in [-0.15, -0.1) is 11.3 Å². The number of nitrogens with one attached hydrogen (secondary N) is 2. The van der Waals surface area contributed by atoms with Crippen LogP contribution in [0.2, 0.25) is 0 Å². The predicted octanol–water partition coefficient (Wildman–Crippen LogP) is 2.30. The van der Waals surface area contributed by atoms with Crippen LogP contribution in [0, 0.1) is 13.8 Å². The summed E-state index contributed by atoms with van der Waals surface area (Å²) >= 11 is 1.71. The molecule has 1 aromatic carbocycles. The molecule has 0 aliphatic rings. The maximum Gasteiger partial charge on any atom is 0.191 e. The third-order valence-corrected chi connectivity index (χ3v) is 4.51. The summed E-state index contributed by atoms with van der Waals surface area (Å²) in [5.41, 5.74) is 1.13. The van der Waals surface area contributed by atoms with E-state index in [4.69, 9.17) is 4.74 Å². The van der Waals surface area contributed by atoms with E-state index in [-0.39, 0.29) is 13.2 Å². The number of benzene rings is 1. The van der Waals surface area contributed by atoms with Crippen LogP contribution in [0.5, 0.6) is 5.75 Å². The minimum absolute atomic E-state index is 0.213. The molecule has 0 fully saturated rings. The lowest BCUT2D eigenvalue weighted by molar-refractivity contribution is 0.114. The van der Waals surface area contributed by atoms with Gasteiger partial charge in [0.15, 0.2) is 5.96 Å². The number of aryl methyl sites for hydroxylation is 2. The predicted molar refractivity (Wildman–Crippen MR) is 107 cm³/mol. The number of nitrogens with zero attached hydrogens (tertiary/aromatic N) is 2. The van der Waals surface area contributed by atoms with Crippen LogP contribution in [0.25, 0.3) is 0 Å². The van der Waals surface area contributed by atoms with E-state index in [1.54, 1.807) is 11.3 Å². The quantitative estimate of drug-likeness (QED) is 0.462. The van der Waals surface area contributed by atoms with Gasteiger partial charge in [-0.2, -0.15) is 0 Å². The van der Waals surface area contributed by atoms with Crippen LogP contribution >= 0.6 is 11.3 Å². The lowest BCUT2D eigenvalue weighted by atomic mass is 10.2. The Morgan fingerprint density at radius 3 is 2.88 bits per heavy atom. The lowest BCUT2D eigenvalue weighted by Gasteiger charge is -2.13. The third-order valence-electron chi connectivity index (χ3n) is 3.54. The van der Waals surface area contributed by atoms with Crippen molar-refractivity contribution in [3.63, 3.8) is 0 Å². The molecule has 0 aliphatic heterocycles. The van der Waals surface area contributed by atoms with Crippen molar-refractivity contribution in [1.82, 2.24) is 15.6 Å². The van der Waals surface area contributed by atoms with Gasteiger partial charge in [0.2, 0.25) is 0 Å². The van der Waals surface area contributed by atoms with Gasteiger partial charge in [-0.3, -0.25) is 4.99 Å². The van der Waals surface area contributed by atoms with E-state index in [0.717, 1.165) is 35.8 Å². The Labute approximate surface area is 159 Å². The van der Waals surface area contributed by atoms with Crippen LogP contribution in [0.15, 0.2) is 35.5 Å². The summed E-state index contributed by atoms with van der Waals surface area (Å²) in [6.45, 7) is 8.07. The van der Waals surface area contributed by atoms with E-state index >= 15 is 0 Å². The van der Waals surface area contributed by atoms with Crippen molar-refractivity contribution in [2.75, 3.05) is 26.2 Å². The third kappa shape index (κ3) is 7.41. The van der Waals surface area contributed by atoms with Gasteiger partial charge in [-0.05, 0) is 38.5 Å². The molecule has 7 heteroatoms. The van der Waals surface area contributed by atoms with E-state index < -0.39 is 6.10 Å². The van der Waals surface area contributed by atoms with Crippen LogP contribution in [-0.2, 0) is 6.42 Å². The van der Waals surface area contributed by atoms with Crippen molar-refractivity contribution >= 4 is 17.3 Å². The van der Waals surface area contributed by atoms with Gasteiger partial charge < -0.3 is 20.5 Å². The fraction of sp³-hybridized carbons (Fsp3) is 0.474. The zero-order chi connectivity index (χ0) is 18.8. The average Bonchev–Trinajstić information content (AvgIpc) is 3.03. The fourth-order valence-electron chi connectivity index (χ4n) is 2.29. The van der Waals surface area contributed by atoms with Crippen molar-refractivity contribution in [1.29, 1.82) is 0 Å². The molecule has 2 aromatic rings. The number of ether oxygens (including phenoxy) is 1. The first-order valence-electron chi connectivity index (χ1n) is 8.88. The molecule has 0 saturated heterocycles. The summed E-state index contributed by atoms with van der Waals surface area (Å²) in [4.78, 5) is 10.0. The Hall–Kier alpha value is -2.12. The van der Waals surface area contributed by atoms with Crippen molar-refractivity contribution in [3.05, 3.63) is 45.9 Å². The second-order valence-electron chi connectivity index (χ2n) is 6.04. The van der Waals surface area contributed by atoms with E-state index in [1.165, 1.54) is 4.88 Å². The number of aromatic nitrogens is 1. The van der Waals surface area contributed by atoms with Gasteiger partial charge in [-0.25, -0.2) is 4.98 Å². The fourth-order valence-corrected chi connectivity index (χ4v) is 3.08. The molecule has 0 amide bonds. The van der Waals surface area contributed by atoms with Gasteiger partial charge in [-0.1, -0.05) is 12.1 Å². The highest BCUT2D eigenvalue weighted by Crippen LogP contribution is 2.12. The molecule has 2 rings (SSSR count). The topological polar surface area (TPSA) is 78.8 Å². The monoisotopic (exact) mass is 376 g/mol. The van der Waals surface area contributed by atoms with E-state index in [1.807, 2.05) is 44.3 Å². The molecule has 1 atom stereocenters. The van der Waals surface area contributed by atoms with Crippen LogP contribution in [0.4, 0.5) is 0 Å². The summed E-state index contributed by atoms with van der Waals surface area (Å²) < 4.78 is 5.62. The minimum atomic E-state index is -0.660. The zero-order valence-corrected chi connectivity index (χ0v) is 16.5. The second kappa shape index (κ2) is 10.8. The number of aliphatic hydroxyl groups excluding tert-OH is 1. The Bertz CT molecular complexity index is 702. The van der Waals surface area contributed by atoms with Gasteiger partial charge in [0, 0.05) is 30.6 Å². The molecule has 0 saturated carbocycles. The van der Waals surface area contributed by atoms with Gasteiger partial charge in [0.25, 0.3) is 0 Å². The molecule has 26 heavy (non-hydrogen) atoms. The van der Waals surface area contributed by atoms with E-state index in [2.05, 4.69) is 27.5 Å². The molecule has 1 aromatic heterocycles. The highest BCUT2D eigenvalue weighted by molar-refractivity contribution is 7.11. The van der Waals surface area contributed by atoms with Crippen molar-refractivity contribution in [2.24, 2.45) is 4.99 Å². The molecule has 142 valence electrons. The summed E-state index contributed by atoms with van der Waals surface area (Å²) in [7, 11) is 0. The Morgan fingerprint density at radius 1 is 1.35 bits per heavy atom. The van der Waals surface area contributed by atoms with Crippen molar-refractivity contribution in [3.8, 4) is 5.75 Å². The molecular weight excluding hydrogens is 348 g/mol.